The average molecular weight is 361 g/mol. The van der Waals surface area contributed by atoms with Gasteiger partial charge in [-0.2, -0.15) is 0 Å². The Hall–Kier alpha value is -0.290. The van der Waals surface area contributed by atoms with E-state index in [4.69, 9.17) is 0 Å². The van der Waals surface area contributed by atoms with E-state index >= 15 is 0 Å². The molecule has 0 spiro atoms. The summed E-state index contributed by atoms with van der Waals surface area (Å²) < 4.78 is 1.33. The second kappa shape index (κ2) is 6.59. The van der Waals surface area contributed by atoms with Gasteiger partial charge in [0.05, 0.1) is 3.70 Å². The fraction of sp³-hybridized carbons (Fsp3) is 0.429. The monoisotopic (exact) mass is 361 g/mol. The molecule has 0 saturated carbocycles. The van der Waals surface area contributed by atoms with Gasteiger partial charge in [-0.3, -0.25) is 0 Å². The minimum Gasteiger partial charge on any atom is -0.344 e. The Morgan fingerprint density at radius 1 is 1.47 bits per heavy atom. The summed E-state index contributed by atoms with van der Waals surface area (Å²) in [6.07, 6.45) is 3.37. The Bertz CT molecular complexity index is 443. The maximum Gasteiger partial charge on any atom is 0.0786 e. The van der Waals surface area contributed by atoms with E-state index in [1.165, 1.54) is 25.4 Å². The van der Waals surface area contributed by atoms with E-state index in [1.807, 2.05) is 0 Å². The molecule has 0 fully saturated rings. The second-order valence-electron chi connectivity index (χ2n) is 4.24. The van der Waals surface area contributed by atoms with Crippen LogP contribution in [0.15, 0.2) is 26.4 Å². The predicted molar refractivity (Wildman–Crippen MR) is 87.5 cm³/mol. The molecule has 3 heteroatoms. The van der Waals surface area contributed by atoms with Gasteiger partial charge in [0.2, 0.25) is 0 Å². The summed E-state index contributed by atoms with van der Waals surface area (Å²) in [5.41, 5.74) is 4.07. The molecule has 0 N–H and O–H groups in total. The van der Waals surface area contributed by atoms with Crippen molar-refractivity contribution in [2.45, 2.75) is 34.1 Å². The van der Waals surface area contributed by atoms with Crippen LogP contribution in [0.3, 0.4) is 0 Å². The van der Waals surface area contributed by atoms with E-state index in [-0.39, 0.29) is 0 Å². The highest BCUT2D eigenvalue weighted by atomic mass is 127. The standard InChI is InChI=1S/C14H20INS/c1-6-10(2)14(15)16(5)12(4)9-13-11(3)7-8-17-13/h7-9H,6H2,1-5H3/b12-9+,14-10+. The van der Waals surface area contributed by atoms with Crippen LogP contribution in [0.4, 0.5) is 0 Å². The number of hydrogen-bond donors (Lipinski definition) is 0. The maximum atomic E-state index is 2.43. The number of hydrogen-bond acceptors (Lipinski definition) is 2. The van der Waals surface area contributed by atoms with Crippen LogP contribution in [0.5, 0.6) is 0 Å². The van der Waals surface area contributed by atoms with Crippen LogP contribution < -0.4 is 0 Å². The predicted octanol–water partition coefficient (Wildman–Crippen LogP) is 5.43. The Morgan fingerprint density at radius 3 is 2.59 bits per heavy atom. The highest BCUT2D eigenvalue weighted by Gasteiger charge is 2.07. The third kappa shape index (κ3) is 3.85. The molecule has 0 amide bonds. The molecule has 0 bridgehead atoms. The molecule has 1 nitrogen and oxygen atoms in total. The minimum atomic E-state index is 1.11. The number of allylic oxidation sites excluding steroid dienone is 2. The van der Waals surface area contributed by atoms with E-state index in [0.29, 0.717) is 0 Å². The molecule has 0 aliphatic rings. The molecule has 17 heavy (non-hydrogen) atoms. The smallest absolute Gasteiger partial charge is 0.0786 e. The van der Waals surface area contributed by atoms with Gasteiger partial charge >= 0.3 is 0 Å². The summed E-state index contributed by atoms with van der Waals surface area (Å²) in [4.78, 5) is 3.62. The van der Waals surface area contributed by atoms with E-state index < -0.39 is 0 Å². The number of thiophene rings is 1. The molecule has 0 saturated heterocycles. The van der Waals surface area contributed by atoms with Crippen molar-refractivity contribution >= 4 is 40.0 Å². The van der Waals surface area contributed by atoms with Gasteiger partial charge in [-0.15, -0.1) is 11.3 Å². The Labute approximate surface area is 122 Å². The zero-order valence-corrected chi connectivity index (χ0v) is 14.1. The normalized spacial score (nSPS) is 13.6. The topological polar surface area (TPSA) is 3.24 Å². The molecule has 1 aromatic heterocycles. The Kier molecular flexibility index (Phi) is 5.73. The fourth-order valence-electron chi connectivity index (χ4n) is 1.41. The zero-order valence-electron chi connectivity index (χ0n) is 11.2. The van der Waals surface area contributed by atoms with Gasteiger partial charge in [-0.05, 0) is 78.4 Å². The van der Waals surface area contributed by atoms with Gasteiger partial charge in [-0.25, -0.2) is 0 Å². The molecule has 0 aromatic carbocycles. The lowest BCUT2D eigenvalue weighted by Gasteiger charge is -2.21. The second-order valence-corrected chi connectivity index (χ2v) is 6.21. The van der Waals surface area contributed by atoms with Crippen LogP contribution in [0.25, 0.3) is 6.08 Å². The van der Waals surface area contributed by atoms with E-state index in [9.17, 15) is 0 Å². The molecule has 0 unspecified atom stereocenters. The highest BCUT2D eigenvalue weighted by Crippen LogP contribution is 2.25. The third-order valence-electron chi connectivity index (χ3n) is 2.95. The van der Waals surface area contributed by atoms with Gasteiger partial charge in [0, 0.05) is 17.6 Å². The van der Waals surface area contributed by atoms with Gasteiger partial charge in [0.1, 0.15) is 0 Å². The number of halogens is 1. The third-order valence-corrected chi connectivity index (χ3v) is 5.56. The van der Waals surface area contributed by atoms with Crippen molar-refractivity contribution in [3.8, 4) is 0 Å². The van der Waals surface area contributed by atoms with E-state index in [0.717, 1.165) is 6.42 Å². The first-order valence-corrected chi connectivity index (χ1v) is 7.74. The van der Waals surface area contributed by atoms with E-state index in [1.54, 1.807) is 11.3 Å². The molecular weight excluding hydrogens is 341 g/mol. The van der Waals surface area contributed by atoms with Crippen LogP contribution in [-0.2, 0) is 0 Å². The van der Waals surface area contributed by atoms with Gasteiger partial charge in [0.25, 0.3) is 0 Å². The van der Waals surface area contributed by atoms with Crippen LogP contribution in [0.1, 0.15) is 37.6 Å². The lowest BCUT2D eigenvalue weighted by molar-refractivity contribution is 0.561. The first-order valence-electron chi connectivity index (χ1n) is 5.78. The summed E-state index contributed by atoms with van der Waals surface area (Å²) in [7, 11) is 2.13. The van der Waals surface area contributed by atoms with Gasteiger partial charge < -0.3 is 4.90 Å². The number of rotatable bonds is 4. The lowest BCUT2D eigenvalue weighted by Crippen LogP contribution is -2.12. The van der Waals surface area contributed by atoms with Crippen molar-refractivity contribution in [3.05, 3.63) is 36.9 Å². The highest BCUT2D eigenvalue weighted by molar-refractivity contribution is 14.1. The summed E-state index contributed by atoms with van der Waals surface area (Å²) in [5.74, 6) is 0. The molecule has 0 aliphatic heterocycles. The largest absolute Gasteiger partial charge is 0.344 e. The van der Waals surface area contributed by atoms with Crippen molar-refractivity contribution in [3.63, 3.8) is 0 Å². The maximum absolute atomic E-state index is 2.43. The molecule has 0 radical (unpaired) electrons. The molecule has 94 valence electrons. The van der Waals surface area contributed by atoms with Crippen molar-refractivity contribution in [2.24, 2.45) is 0 Å². The number of nitrogens with zero attached hydrogens (tertiary/aromatic N) is 1. The summed E-state index contributed by atoms with van der Waals surface area (Å²) >= 11 is 4.23. The average Bonchev–Trinajstić information content (AvgIpc) is 2.72. The molecule has 1 heterocycles. The first-order chi connectivity index (χ1) is 7.97. The first kappa shape index (κ1) is 14.8. The van der Waals surface area contributed by atoms with Gasteiger partial charge in [-0.1, -0.05) is 6.92 Å². The Morgan fingerprint density at radius 2 is 2.12 bits per heavy atom. The summed E-state index contributed by atoms with van der Waals surface area (Å²) in [5, 5.41) is 2.15. The van der Waals surface area contributed by atoms with Crippen LogP contribution in [0.2, 0.25) is 0 Å². The van der Waals surface area contributed by atoms with Gasteiger partial charge in [0.15, 0.2) is 0 Å². The zero-order chi connectivity index (χ0) is 13.0. The van der Waals surface area contributed by atoms with E-state index in [2.05, 4.69) is 79.8 Å². The SMILES string of the molecule is CC/C(C)=C(\I)N(C)/C(C)=C/c1sccc1C. The van der Waals surface area contributed by atoms with Crippen LogP contribution in [-0.4, -0.2) is 11.9 Å². The number of aryl methyl sites for hydroxylation is 1. The summed E-state index contributed by atoms with van der Waals surface area (Å²) in [6.45, 7) is 8.72. The van der Waals surface area contributed by atoms with Crippen molar-refractivity contribution in [1.82, 2.24) is 4.90 Å². The van der Waals surface area contributed by atoms with Crippen LogP contribution in [0, 0.1) is 6.92 Å². The van der Waals surface area contributed by atoms with Crippen LogP contribution >= 0.6 is 33.9 Å². The fourth-order valence-corrected chi connectivity index (χ4v) is 3.08. The molecule has 1 aromatic rings. The quantitative estimate of drug-likeness (QED) is 0.511. The molecule has 0 atom stereocenters. The Balaban J connectivity index is 2.95. The molecular formula is C14H20INS. The summed E-state index contributed by atoms with van der Waals surface area (Å²) in [6, 6.07) is 2.17. The van der Waals surface area contributed by atoms with Crippen molar-refractivity contribution in [2.75, 3.05) is 7.05 Å². The van der Waals surface area contributed by atoms with Crippen molar-refractivity contribution < 1.29 is 0 Å². The molecule has 0 aliphatic carbocycles. The molecule has 1 rings (SSSR count). The van der Waals surface area contributed by atoms with Crippen molar-refractivity contribution in [1.29, 1.82) is 0 Å². The minimum absolute atomic E-state index is 1.11. The lowest BCUT2D eigenvalue weighted by atomic mass is 10.2.